The topological polar surface area (TPSA) is 98.4 Å². The Labute approximate surface area is 149 Å². The van der Waals surface area contributed by atoms with Crippen LogP contribution in [0.2, 0.25) is 0 Å². The zero-order valence-corrected chi connectivity index (χ0v) is 14.5. The van der Waals surface area contributed by atoms with Crippen LogP contribution in [0, 0.1) is 17.1 Å². The van der Waals surface area contributed by atoms with E-state index >= 15 is 0 Å². The first-order chi connectivity index (χ1) is 12.1. The van der Waals surface area contributed by atoms with Crippen LogP contribution in [0.25, 0.3) is 0 Å². The summed E-state index contributed by atoms with van der Waals surface area (Å²) in [6.45, 7) is 0. The Morgan fingerprint density at radius 3 is 2.62 bits per heavy atom. The third kappa shape index (κ3) is 3.09. The van der Waals surface area contributed by atoms with Gasteiger partial charge in [-0.2, -0.15) is 5.26 Å². The second-order valence-corrected chi connectivity index (χ2v) is 8.25. The van der Waals surface area contributed by atoms with Crippen molar-refractivity contribution < 1.29 is 27.4 Å². The van der Waals surface area contributed by atoms with Gasteiger partial charge in [-0.1, -0.05) is 6.07 Å². The number of benzene rings is 2. The Hall–Kier alpha value is -2.34. The maximum Gasteiger partial charge on any atom is 0.175 e. The van der Waals surface area contributed by atoms with Crippen molar-refractivity contribution in [3.05, 3.63) is 64.0 Å². The Kier molecular flexibility index (Phi) is 4.56. The van der Waals surface area contributed by atoms with Crippen LogP contribution < -0.4 is 0 Å². The number of sulfone groups is 1. The Morgan fingerprint density at radius 1 is 1.31 bits per heavy atom. The van der Waals surface area contributed by atoms with Crippen molar-refractivity contribution in [2.24, 2.45) is 0 Å². The van der Waals surface area contributed by atoms with Gasteiger partial charge >= 0.3 is 0 Å². The highest BCUT2D eigenvalue weighted by atomic mass is 32.2. The average Bonchev–Trinajstić information content (AvgIpc) is 2.87. The van der Waals surface area contributed by atoms with Gasteiger partial charge in [-0.05, 0) is 41.0 Å². The zero-order chi connectivity index (χ0) is 19.2. The number of hydrogen-bond donors (Lipinski definition) is 2. The molecule has 0 fully saturated rings. The number of alkyl halides is 1. The van der Waals surface area contributed by atoms with Gasteiger partial charge in [0.1, 0.15) is 24.2 Å². The van der Waals surface area contributed by atoms with E-state index < -0.39 is 34.0 Å². The first kappa shape index (κ1) is 18.5. The monoisotopic (exact) mass is 379 g/mol. The summed E-state index contributed by atoms with van der Waals surface area (Å²) in [4.78, 5) is -0.201. The van der Waals surface area contributed by atoms with Gasteiger partial charge in [-0.15, -0.1) is 0 Å². The maximum atomic E-state index is 14.1. The molecule has 0 saturated heterocycles. The SMILES string of the molecule is CS(=O)(=O)c1ccc([C@@H](O)c2cc(F)cc(C#N)c2)c2c1[C@H](O)[C@H](F)C2. The lowest BCUT2D eigenvalue weighted by Gasteiger charge is -2.18. The van der Waals surface area contributed by atoms with Gasteiger partial charge in [0.15, 0.2) is 9.84 Å². The van der Waals surface area contributed by atoms with Crippen molar-refractivity contribution >= 4 is 9.84 Å². The van der Waals surface area contributed by atoms with Gasteiger partial charge in [0, 0.05) is 18.2 Å². The minimum atomic E-state index is -3.72. The number of halogens is 2. The highest BCUT2D eigenvalue weighted by Crippen LogP contribution is 2.42. The van der Waals surface area contributed by atoms with Crippen LogP contribution in [0.1, 0.15) is 40.0 Å². The normalized spacial score (nSPS) is 20.5. The molecule has 0 radical (unpaired) electrons. The molecule has 2 aromatic rings. The summed E-state index contributed by atoms with van der Waals surface area (Å²) in [7, 11) is -3.72. The van der Waals surface area contributed by atoms with Crippen LogP contribution in [-0.2, 0) is 16.3 Å². The lowest BCUT2D eigenvalue weighted by molar-refractivity contribution is 0.0907. The number of rotatable bonds is 3. The molecule has 136 valence electrons. The fourth-order valence-electron chi connectivity index (χ4n) is 3.29. The van der Waals surface area contributed by atoms with E-state index in [-0.39, 0.29) is 39.1 Å². The van der Waals surface area contributed by atoms with Crippen LogP contribution in [0.3, 0.4) is 0 Å². The van der Waals surface area contributed by atoms with Crippen LogP contribution >= 0.6 is 0 Å². The second-order valence-electron chi connectivity index (χ2n) is 6.27. The van der Waals surface area contributed by atoms with E-state index in [9.17, 15) is 27.4 Å². The Morgan fingerprint density at radius 2 is 2.00 bits per heavy atom. The highest BCUT2D eigenvalue weighted by Gasteiger charge is 2.38. The van der Waals surface area contributed by atoms with E-state index in [4.69, 9.17) is 5.26 Å². The lowest BCUT2D eigenvalue weighted by Crippen LogP contribution is -2.11. The summed E-state index contributed by atoms with van der Waals surface area (Å²) in [5.74, 6) is -0.717. The quantitative estimate of drug-likeness (QED) is 0.851. The van der Waals surface area contributed by atoms with Crippen molar-refractivity contribution in [1.29, 1.82) is 5.26 Å². The molecule has 3 atom stereocenters. The molecular weight excluding hydrogens is 364 g/mol. The van der Waals surface area contributed by atoms with Crippen molar-refractivity contribution in [2.45, 2.75) is 29.7 Å². The molecule has 8 heteroatoms. The van der Waals surface area contributed by atoms with Crippen LogP contribution in [0.15, 0.2) is 35.2 Å². The Balaban J connectivity index is 2.19. The molecule has 1 aliphatic rings. The third-order valence-electron chi connectivity index (χ3n) is 4.45. The number of aliphatic hydroxyl groups excluding tert-OH is 2. The largest absolute Gasteiger partial charge is 0.385 e. The lowest BCUT2D eigenvalue weighted by atomic mass is 9.93. The second kappa shape index (κ2) is 6.43. The maximum absolute atomic E-state index is 14.1. The number of aliphatic hydroxyl groups is 2. The fourth-order valence-corrected chi connectivity index (χ4v) is 4.25. The summed E-state index contributed by atoms with van der Waals surface area (Å²) in [5.41, 5.74) is 0.359. The molecule has 26 heavy (non-hydrogen) atoms. The molecule has 1 aliphatic carbocycles. The smallest absolute Gasteiger partial charge is 0.175 e. The summed E-state index contributed by atoms with van der Waals surface area (Å²) < 4.78 is 51.6. The molecule has 0 amide bonds. The van der Waals surface area contributed by atoms with E-state index in [2.05, 4.69) is 0 Å². The van der Waals surface area contributed by atoms with E-state index in [1.54, 1.807) is 6.07 Å². The summed E-state index contributed by atoms with van der Waals surface area (Å²) in [6.07, 6.45) is -4.06. The molecule has 0 heterocycles. The van der Waals surface area contributed by atoms with Gasteiger partial charge in [0.2, 0.25) is 0 Å². The van der Waals surface area contributed by atoms with Gasteiger partial charge < -0.3 is 10.2 Å². The minimum absolute atomic E-state index is 0.00635. The number of hydrogen-bond acceptors (Lipinski definition) is 5. The number of nitriles is 1. The fraction of sp³-hybridized carbons (Fsp3) is 0.278. The van der Waals surface area contributed by atoms with E-state index in [1.165, 1.54) is 18.2 Å². The van der Waals surface area contributed by atoms with Gasteiger partial charge in [-0.3, -0.25) is 0 Å². The van der Waals surface area contributed by atoms with E-state index in [1.807, 2.05) is 0 Å². The highest BCUT2D eigenvalue weighted by molar-refractivity contribution is 7.90. The van der Waals surface area contributed by atoms with Crippen LogP contribution in [0.5, 0.6) is 0 Å². The van der Waals surface area contributed by atoms with Gasteiger partial charge in [0.25, 0.3) is 0 Å². The minimum Gasteiger partial charge on any atom is -0.385 e. The molecule has 0 saturated carbocycles. The molecule has 5 nitrogen and oxygen atoms in total. The summed E-state index contributed by atoms with van der Waals surface area (Å²) in [6, 6.07) is 7.64. The molecule has 0 unspecified atom stereocenters. The van der Waals surface area contributed by atoms with Gasteiger partial charge in [-0.25, -0.2) is 17.2 Å². The van der Waals surface area contributed by atoms with E-state index in [0.717, 1.165) is 18.4 Å². The molecule has 3 rings (SSSR count). The summed E-state index contributed by atoms with van der Waals surface area (Å²) >= 11 is 0. The standard InChI is InChI=1S/C18H15F2NO4S/c1-26(24,25)15-3-2-12(13-7-14(20)18(23)16(13)15)17(22)10-4-9(8-21)5-11(19)6-10/h2-6,14,17-18,22-23H,7H2,1H3/t14-,17+,18-/m1/s1. The molecule has 0 aromatic heterocycles. The zero-order valence-electron chi connectivity index (χ0n) is 13.6. The van der Waals surface area contributed by atoms with E-state index in [0.29, 0.717) is 0 Å². The molecular formula is C18H15F2NO4S. The first-order valence-corrected chi connectivity index (χ1v) is 9.59. The van der Waals surface area contributed by atoms with Crippen molar-refractivity contribution in [1.82, 2.24) is 0 Å². The van der Waals surface area contributed by atoms with Gasteiger partial charge in [0.05, 0.1) is 16.5 Å². The predicted octanol–water partition coefficient (Wildman–Crippen LogP) is 2.11. The molecule has 0 aliphatic heterocycles. The predicted molar refractivity (Wildman–Crippen MR) is 88.3 cm³/mol. The average molecular weight is 379 g/mol. The first-order valence-electron chi connectivity index (χ1n) is 7.70. The summed E-state index contributed by atoms with van der Waals surface area (Å²) in [5, 5.41) is 29.7. The van der Waals surface area contributed by atoms with Crippen molar-refractivity contribution in [3.63, 3.8) is 0 Å². The molecule has 0 spiro atoms. The Bertz CT molecular complexity index is 1030. The molecule has 2 N–H and O–H groups in total. The third-order valence-corrected chi connectivity index (χ3v) is 5.60. The van der Waals surface area contributed by atoms with Crippen LogP contribution in [0.4, 0.5) is 8.78 Å². The van der Waals surface area contributed by atoms with Crippen molar-refractivity contribution in [2.75, 3.05) is 6.26 Å². The molecule has 2 aromatic carbocycles. The number of nitrogens with zero attached hydrogens (tertiary/aromatic N) is 1. The molecule has 0 bridgehead atoms. The van der Waals surface area contributed by atoms with Crippen LogP contribution in [-0.4, -0.2) is 31.1 Å². The number of fused-ring (bicyclic) bond motifs is 1. The van der Waals surface area contributed by atoms with Crippen molar-refractivity contribution in [3.8, 4) is 6.07 Å².